The molecule has 1 aromatic rings. The molecule has 1 fully saturated rings. The van der Waals surface area contributed by atoms with Gasteiger partial charge in [0, 0.05) is 27.1 Å². The zero-order valence-electron chi connectivity index (χ0n) is 37.7. The van der Waals surface area contributed by atoms with Crippen molar-refractivity contribution in [1.29, 1.82) is 0 Å². The van der Waals surface area contributed by atoms with Gasteiger partial charge in [0.05, 0.1) is 75.7 Å². The maximum atomic E-state index is 14.0. The molecule has 5 N–H and O–H groups in total. The summed E-state index contributed by atoms with van der Waals surface area (Å²) in [7, 11) is 4.87. The van der Waals surface area contributed by atoms with Crippen molar-refractivity contribution in [2.24, 2.45) is 23.7 Å². The van der Waals surface area contributed by atoms with E-state index in [2.05, 4.69) is 16.0 Å². The van der Waals surface area contributed by atoms with Crippen LogP contribution in [0.2, 0.25) is 0 Å². The van der Waals surface area contributed by atoms with Gasteiger partial charge in [-0.1, -0.05) is 85.2 Å². The first-order valence-electron chi connectivity index (χ1n) is 21.6. The van der Waals surface area contributed by atoms with Crippen LogP contribution in [0.25, 0.3) is 0 Å². The normalized spacial score (nSPS) is 18.2. The lowest BCUT2D eigenvalue weighted by molar-refractivity contribution is -0.150. The van der Waals surface area contributed by atoms with Gasteiger partial charge in [-0.05, 0) is 43.2 Å². The Morgan fingerprint density at radius 1 is 0.850 bits per heavy atom. The first kappa shape index (κ1) is 52.5. The number of aliphatic hydroxyl groups is 2. The number of hydrogen-bond acceptors (Lipinski definition) is 12. The number of likely N-dealkylation sites (tertiary alicyclic amines) is 1. The predicted molar refractivity (Wildman–Crippen MR) is 228 cm³/mol. The molecule has 2 rings (SSSR count). The number of hydrogen-bond donors (Lipinski definition) is 5. The fraction of sp³-hybridized carbons (Fsp3) is 0.750. The van der Waals surface area contributed by atoms with Crippen molar-refractivity contribution < 1.29 is 53.1 Å². The van der Waals surface area contributed by atoms with Gasteiger partial charge in [-0.2, -0.15) is 0 Å². The number of carbonyl (C=O) groups is 5. The zero-order chi connectivity index (χ0) is 44.9. The summed E-state index contributed by atoms with van der Waals surface area (Å²) < 4.78 is 21.2. The van der Waals surface area contributed by atoms with Gasteiger partial charge in [0.1, 0.15) is 18.7 Å². The van der Waals surface area contributed by atoms with E-state index in [1.807, 2.05) is 71.9 Å². The average molecular weight is 850 g/mol. The number of methoxy groups -OCH3 is 1. The van der Waals surface area contributed by atoms with Crippen LogP contribution in [0.15, 0.2) is 30.3 Å². The Kier molecular flexibility index (Phi) is 23.9. The third-order valence-corrected chi connectivity index (χ3v) is 11.4. The number of likely N-dealkylation sites (N-methyl/N-ethyl adjacent to an activating group) is 2. The number of carbonyl (C=O) groups excluding carboxylic acids is 5. The molecular formula is C44H75N5O11. The van der Waals surface area contributed by atoms with E-state index in [9.17, 15) is 34.2 Å². The van der Waals surface area contributed by atoms with Gasteiger partial charge < -0.3 is 54.9 Å². The largest absolute Gasteiger partial charge is 0.462 e. The summed E-state index contributed by atoms with van der Waals surface area (Å²) in [5, 5.41) is 31.9. The van der Waals surface area contributed by atoms with Gasteiger partial charge in [-0.15, -0.1) is 0 Å². The van der Waals surface area contributed by atoms with E-state index in [1.54, 1.807) is 28.1 Å². The maximum Gasteiger partial charge on any atom is 0.329 e. The molecule has 0 saturated carbocycles. The molecule has 0 radical (unpaired) electrons. The summed E-state index contributed by atoms with van der Waals surface area (Å²) >= 11 is 0. The fourth-order valence-corrected chi connectivity index (χ4v) is 7.63. The highest BCUT2D eigenvalue weighted by Gasteiger charge is 2.42. The van der Waals surface area contributed by atoms with Gasteiger partial charge in [0.2, 0.25) is 23.6 Å². The Balaban J connectivity index is 2.13. The third-order valence-electron chi connectivity index (χ3n) is 11.4. The summed E-state index contributed by atoms with van der Waals surface area (Å²) in [6.45, 7) is 14.9. The Morgan fingerprint density at radius 3 is 2.02 bits per heavy atom. The zero-order valence-corrected chi connectivity index (χ0v) is 37.7. The molecule has 1 saturated heterocycles. The molecule has 1 aromatic carbocycles. The minimum atomic E-state index is -1.28. The highest BCUT2D eigenvalue weighted by molar-refractivity contribution is 5.90. The van der Waals surface area contributed by atoms with Crippen LogP contribution in [0.5, 0.6) is 0 Å². The predicted octanol–water partition coefficient (Wildman–Crippen LogP) is 1.93. The lowest BCUT2D eigenvalue weighted by atomic mass is 9.89. The lowest BCUT2D eigenvalue weighted by Crippen LogP contribution is -2.59. The van der Waals surface area contributed by atoms with Gasteiger partial charge in [-0.3, -0.25) is 19.2 Å². The van der Waals surface area contributed by atoms with Crippen LogP contribution in [-0.4, -0.2) is 159 Å². The highest BCUT2D eigenvalue weighted by atomic mass is 16.6. The van der Waals surface area contributed by atoms with Crippen molar-refractivity contribution in [1.82, 2.24) is 25.8 Å². The van der Waals surface area contributed by atoms with Gasteiger partial charge in [-0.25, -0.2) is 4.79 Å². The molecule has 0 bridgehead atoms. The molecular weight excluding hydrogens is 775 g/mol. The average Bonchev–Trinajstić information content (AvgIpc) is 3.72. The van der Waals surface area contributed by atoms with E-state index in [0.717, 1.165) is 5.56 Å². The topological polar surface area (TPSA) is 205 Å². The molecule has 16 heteroatoms. The standard InChI is InChI=1S/C44H75N5O11/c1-11-30(6)39(48(9)43(55)38(29(4)5)47-42(54)37(45-8)28(2)3)35(50)27-36(51)49-19-15-18-34(49)40(52)31(7)41(53)46-33(26-32-16-13-12-14-17-32)44(56)60-25-24-59-23-22-58-21-20-57-10/h12-14,16-17,28-31,33-35,37-40,45,50,52H,11,15,18-27H2,1-10H3,(H,46,53)(H,47,54)/t30-,31+,33?,34-,35+,37-,38-,39-,40+/m0/s1. The van der Waals surface area contributed by atoms with E-state index in [1.165, 1.54) is 9.80 Å². The molecule has 1 aliphatic heterocycles. The van der Waals surface area contributed by atoms with Gasteiger partial charge in [0.25, 0.3) is 0 Å². The first-order chi connectivity index (χ1) is 28.5. The molecule has 0 aliphatic carbocycles. The van der Waals surface area contributed by atoms with Crippen LogP contribution in [0.1, 0.15) is 79.7 Å². The minimum Gasteiger partial charge on any atom is -0.462 e. The molecule has 1 aliphatic rings. The second-order valence-corrected chi connectivity index (χ2v) is 16.5. The summed E-state index contributed by atoms with van der Waals surface area (Å²) in [5.41, 5.74) is 0.796. The summed E-state index contributed by atoms with van der Waals surface area (Å²) in [6, 6.07) is 5.29. The summed E-state index contributed by atoms with van der Waals surface area (Å²) in [5.74, 6) is -3.80. The van der Waals surface area contributed by atoms with Crippen molar-refractivity contribution >= 4 is 29.6 Å². The number of nitrogens with zero attached hydrogens (tertiary/aromatic N) is 2. The van der Waals surface area contributed by atoms with Crippen LogP contribution >= 0.6 is 0 Å². The number of benzene rings is 1. The Hall–Kier alpha value is -3.67. The van der Waals surface area contributed by atoms with Crippen LogP contribution < -0.4 is 16.0 Å². The summed E-state index contributed by atoms with van der Waals surface area (Å²) in [4.78, 5) is 71.0. The van der Waals surface area contributed by atoms with E-state index >= 15 is 0 Å². The quantitative estimate of drug-likeness (QED) is 0.0607. The Morgan fingerprint density at radius 2 is 1.45 bits per heavy atom. The van der Waals surface area contributed by atoms with Crippen LogP contribution in [-0.2, 0) is 49.3 Å². The number of amides is 4. The van der Waals surface area contributed by atoms with Crippen molar-refractivity contribution in [3.8, 4) is 0 Å². The molecule has 60 heavy (non-hydrogen) atoms. The number of esters is 1. The minimum absolute atomic E-state index is 0.0126. The number of ether oxygens (including phenoxy) is 4. The number of nitrogens with one attached hydrogen (secondary N) is 3. The molecule has 1 heterocycles. The third kappa shape index (κ3) is 16.3. The van der Waals surface area contributed by atoms with E-state index in [0.29, 0.717) is 52.2 Å². The number of rotatable bonds is 28. The van der Waals surface area contributed by atoms with Crippen molar-refractivity contribution in [3.05, 3.63) is 35.9 Å². The molecule has 342 valence electrons. The van der Waals surface area contributed by atoms with Crippen LogP contribution in [0.3, 0.4) is 0 Å². The van der Waals surface area contributed by atoms with Crippen molar-refractivity contribution in [2.45, 2.75) is 123 Å². The Bertz CT molecular complexity index is 1450. The van der Waals surface area contributed by atoms with E-state index in [-0.39, 0.29) is 55.6 Å². The highest BCUT2D eigenvalue weighted by Crippen LogP contribution is 2.28. The molecule has 16 nitrogen and oxygen atoms in total. The molecule has 0 spiro atoms. The molecule has 1 unspecified atom stereocenters. The van der Waals surface area contributed by atoms with Crippen molar-refractivity contribution in [2.75, 3.05) is 67.4 Å². The van der Waals surface area contributed by atoms with E-state index in [4.69, 9.17) is 18.9 Å². The van der Waals surface area contributed by atoms with Gasteiger partial charge >= 0.3 is 5.97 Å². The number of aliphatic hydroxyl groups excluding tert-OH is 2. The Labute approximate surface area is 357 Å². The SMILES string of the molecule is CC[C@H](C)[C@@H]([C@H](O)CC(=O)N1CCC[C@H]1[C@H](O)[C@@H](C)C(=O)NC(Cc1ccccc1)C(=O)OCCOCCOCCOC)N(C)C(=O)[C@@H](NC(=O)[C@@H](NC)C(C)C)C(C)C. The second kappa shape index (κ2) is 27.3. The molecule has 4 amide bonds. The summed E-state index contributed by atoms with van der Waals surface area (Å²) in [6.07, 6.45) is -1.08. The fourth-order valence-electron chi connectivity index (χ4n) is 7.63. The smallest absolute Gasteiger partial charge is 0.329 e. The molecule has 9 atom stereocenters. The lowest BCUT2D eigenvalue weighted by Gasteiger charge is -2.39. The second-order valence-electron chi connectivity index (χ2n) is 16.5. The first-order valence-corrected chi connectivity index (χ1v) is 21.6. The maximum absolute atomic E-state index is 14.0. The van der Waals surface area contributed by atoms with Gasteiger partial charge in [0.15, 0.2) is 0 Å². The van der Waals surface area contributed by atoms with Crippen LogP contribution in [0, 0.1) is 23.7 Å². The monoisotopic (exact) mass is 850 g/mol. The molecule has 0 aromatic heterocycles. The van der Waals surface area contributed by atoms with Crippen molar-refractivity contribution in [3.63, 3.8) is 0 Å². The van der Waals surface area contributed by atoms with Crippen LogP contribution in [0.4, 0.5) is 0 Å². The van der Waals surface area contributed by atoms with E-state index < -0.39 is 66.1 Å².